The van der Waals surface area contributed by atoms with E-state index in [9.17, 15) is 9.59 Å². The van der Waals surface area contributed by atoms with Crippen molar-refractivity contribution >= 4 is 23.3 Å². The van der Waals surface area contributed by atoms with Gasteiger partial charge in [-0.2, -0.15) is 10.2 Å². The maximum Gasteiger partial charge on any atom is 0.311 e. The molecule has 4 aliphatic carbocycles. The standard InChI is InChI=1S/C46H64N2O4/c1-32(2)13-12-14-33(3)40-25-26-41-39-24-19-34-31-38(27-29-45(34,4)42(39)28-30-46(40,41)5)52-44(50)18-11-7-10-17-43(49)51-37-22-20-36(21-23-37)48-47-35-15-8-6-9-16-35/h6,8-9,15-16,19-23,32-33,38-42H,7,10-14,17-18,24-31H2,1-5H3/t33-,38+,39+,40-,41+,42+,45+,46-/m1/s1. The first-order valence-corrected chi connectivity index (χ1v) is 20.7. The van der Waals surface area contributed by atoms with E-state index in [1.54, 1.807) is 29.8 Å². The van der Waals surface area contributed by atoms with Crippen molar-refractivity contribution in [2.24, 2.45) is 56.6 Å². The minimum absolute atomic E-state index is 0.000887. The predicted molar refractivity (Wildman–Crippen MR) is 209 cm³/mol. The molecule has 8 atom stereocenters. The zero-order valence-electron chi connectivity index (χ0n) is 32.7. The van der Waals surface area contributed by atoms with E-state index in [2.05, 4.69) is 50.9 Å². The van der Waals surface area contributed by atoms with Crippen molar-refractivity contribution in [3.8, 4) is 5.75 Å². The fraction of sp³-hybridized carbons (Fsp3) is 0.652. The largest absolute Gasteiger partial charge is 0.462 e. The van der Waals surface area contributed by atoms with Crippen LogP contribution in [-0.4, -0.2) is 18.0 Å². The summed E-state index contributed by atoms with van der Waals surface area (Å²) in [6.07, 6.45) is 19.5. The van der Waals surface area contributed by atoms with Gasteiger partial charge in [-0.25, -0.2) is 0 Å². The molecule has 0 N–H and O–H groups in total. The Labute approximate surface area is 313 Å². The van der Waals surface area contributed by atoms with Gasteiger partial charge in [0.1, 0.15) is 11.9 Å². The van der Waals surface area contributed by atoms with Gasteiger partial charge in [-0.1, -0.05) is 90.2 Å². The number of azo groups is 1. The number of hydrogen-bond donors (Lipinski definition) is 0. The van der Waals surface area contributed by atoms with Crippen molar-refractivity contribution in [2.45, 2.75) is 143 Å². The summed E-state index contributed by atoms with van der Waals surface area (Å²) in [4.78, 5) is 25.3. The summed E-state index contributed by atoms with van der Waals surface area (Å²) in [7, 11) is 0. The van der Waals surface area contributed by atoms with Crippen LogP contribution in [0.1, 0.15) is 137 Å². The molecule has 52 heavy (non-hydrogen) atoms. The van der Waals surface area contributed by atoms with Crippen LogP contribution in [0.3, 0.4) is 0 Å². The number of carbonyl (C=O) groups excluding carboxylic acids is 2. The first kappa shape index (κ1) is 38.4. The van der Waals surface area contributed by atoms with Crippen molar-refractivity contribution in [3.05, 3.63) is 66.2 Å². The molecule has 0 aliphatic heterocycles. The monoisotopic (exact) mass is 708 g/mol. The van der Waals surface area contributed by atoms with Crippen LogP contribution in [-0.2, 0) is 14.3 Å². The van der Waals surface area contributed by atoms with E-state index in [-0.39, 0.29) is 23.5 Å². The molecule has 0 amide bonds. The topological polar surface area (TPSA) is 77.3 Å². The highest BCUT2D eigenvalue weighted by Crippen LogP contribution is 2.67. The number of nitrogens with zero attached hydrogens (tertiary/aromatic N) is 2. The number of hydrogen-bond acceptors (Lipinski definition) is 6. The summed E-state index contributed by atoms with van der Waals surface area (Å²) in [6.45, 7) is 12.5. The fourth-order valence-corrected chi connectivity index (χ4v) is 11.1. The molecule has 6 nitrogen and oxygen atoms in total. The summed E-state index contributed by atoms with van der Waals surface area (Å²) in [5.74, 6) is 5.14. The van der Waals surface area contributed by atoms with Crippen LogP contribution in [0.25, 0.3) is 0 Å². The Morgan fingerprint density at radius 2 is 1.48 bits per heavy atom. The number of benzene rings is 2. The van der Waals surface area contributed by atoms with Gasteiger partial charge >= 0.3 is 11.9 Å². The molecule has 0 aromatic heterocycles. The first-order valence-electron chi connectivity index (χ1n) is 20.7. The molecule has 0 bridgehead atoms. The van der Waals surface area contributed by atoms with Gasteiger partial charge in [0.2, 0.25) is 0 Å². The van der Waals surface area contributed by atoms with Crippen LogP contribution in [0.4, 0.5) is 11.4 Å². The maximum absolute atomic E-state index is 12.9. The zero-order chi connectivity index (χ0) is 36.7. The smallest absolute Gasteiger partial charge is 0.311 e. The first-order chi connectivity index (χ1) is 25.0. The Balaban J connectivity index is 0.895. The predicted octanol–water partition coefficient (Wildman–Crippen LogP) is 12.9. The molecule has 0 radical (unpaired) electrons. The van der Waals surface area contributed by atoms with E-state index in [0.717, 1.165) is 73.3 Å². The number of ether oxygens (including phenoxy) is 2. The molecule has 0 saturated heterocycles. The van der Waals surface area contributed by atoms with Crippen LogP contribution in [0.2, 0.25) is 0 Å². The highest BCUT2D eigenvalue weighted by Gasteiger charge is 2.59. The van der Waals surface area contributed by atoms with Crippen molar-refractivity contribution in [1.29, 1.82) is 0 Å². The lowest BCUT2D eigenvalue weighted by molar-refractivity contribution is -0.151. The number of fused-ring (bicyclic) bond motifs is 5. The second kappa shape index (κ2) is 17.2. The molecular weight excluding hydrogens is 645 g/mol. The molecule has 3 fully saturated rings. The normalized spacial score (nSPS) is 30.3. The Kier molecular flexibility index (Phi) is 12.7. The van der Waals surface area contributed by atoms with Gasteiger partial charge in [0.25, 0.3) is 0 Å². The molecule has 2 aromatic rings. The second-order valence-corrected chi connectivity index (χ2v) is 17.7. The molecule has 0 unspecified atom stereocenters. The van der Waals surface area contributed by atoms with E-state index >= 15 is 0 Å². The highest BCUT2D eigenvalue weighted by molar-refractivity contribution is 5.72. The number of esters is 2. The summed E-state index contributed by atoms with van der Waals surface area (Å²) in [5, 5.41) is 8.43. The molecule has 0 spiro atoms. The average Bonchev–Trinajstić information content (AvgIpc) is 3.49. The fourth-order valence-electron chi connectivity index (χ4n) is 11.1. The summed E-state index contributed by atoms with van der Waals surface area (Å²) in [5.41, 5.74) is 3.81. The van der Waals surface area contributed by atoms with Crippen LogP contribution < -0.4 is 4.74 Å². The number of unbranched alkanes of at least 4 members (excludes halogenated alkanes) is 2. The van der Waals surface area contributed by atoms with Crippen molar-refractivity contribution < 1.29 is 19.1 Å². The van der Waals surface area contributed by atoms with E-state index < -0.39 is 0 Å². The molecule has 0 heterocycles. The molecule has 282 valence electrons. The third-order valence-electron chi connectivity index (χ3n) is 13.9. The van der Waals surface area contributed by atoms with E-state index in [4.69, 9.17) is 9.47 Å². The van der Waals surface area contributed by atoms with Crippen LogP contribution in [0.5, 0.6) is 5.75 Å². The maximum atomic E-state index is 12.9. The third kappa shape index (κ3) is 9.08. The van der Waals surface area contributed by atoms with Gasteiger partial charge in [-0.3, -0.25) is 9.59 Å². The molecule has 6 rings (SSSR count). The second-order valence-electron chi connectivity index (χ2n) is 17.7. The lowest BCUT2D eigenvalue weighted by Crippen LogP contribution is -2.51. The Morgan fingerprint density at radius 3 is 2.21 bits per heavy atom. The van der Waals surface area contributed by atoms with Gasteiger partial charge in [-0.15, -0.1) is 0 Å². The molecule has 3 saturated carbocycles. The zero-order valence-corrected chi connectivity index (χ0v) is 32.7. The molecule has 2 aromatic carbocycles. The minimum atomic E-state index is -0.267. The van der Waals surface area contributed by atoms with Gasteiger partial charge in [-0.05, 0) is 141 Å². The van der Waals surface area contributed by atoms with Crippen LogP contribution >= 0.6 is 0 Å². The quantitative estimate of drug-likeness (QED) is 0.0606. The Bertz CT molecular complexity index is 1550. The summed E-state index contributed by atoms with van der Waals surface area (Å²) in [6, 6.07) is 16.6. The van der Waals surface area contributed by atoms with Gasteiger partial charge in [0.15, 0.2) is 0 Å². The molecular formula is C46H64N2O4. The number of carbonyl (C=O) groups is 2. The van der Waals surface area contributed by atoms with E-state index in [1.807, 2.05) is 30.3 Å². The van der Waals surface area contributed by atoms with Crippen molar-refractivity contribution in [3.63, 3.8) is 0 Å². The lowest BCUT2D eigenvalue weighted by Gasteiger charge is -2.58. The average molecular weight is 709 g/mol. The third-order valence-corrected chi connectivity index (χ3v) is 13.9. The molecule has 6 heteroatoms. The van der Waals surface area contributed by atoms with E-state index in [1.165, 1.54) is 51.4 Å². The highest BCUT2D eigenvalue weighted by atomic mass is 16.5. The number of rotatable bonds is 15. The van der Waals surface area contributed by atoms with E-state index in [0.29, 0.717) is 36.1 Å². The van der Waals surface area contributed by atoms with Crippen LogP contribution in [0, 0.1) is 46.3 Å². The SMILES string of the molecule is CC(C)CCC[C@@H](C)[C@H]1CC[C@H]2[C@@H]3CC=C4C[C@@H](OC(=O)CCCCCC(=O)Oc5ccc(N=Nc6ccccc6)cc5)CC[C@]4(C)[C@H]3CC[C@]12C. The summed E-state index contributed by atoms with van der Waals surface area (Å²) < 4.78 is 11.6. The molecule has 4 aliphatic rings. The summed E-state index contributed by atoms with van der Waals surface area (Å²) >= 11 is 0. The Hall–Kier alpha value is -3.28. The minimum Gasteiger partial charge on any atom is -0.462 e. The van der Waals surface area contributed by atoms with Gasteiger partial charge < -0.3 is 9.47 Å². The van der Waals surface area contributed by atoms with Crippen molar-refractivity contribution in [2.75, 3.05) is 0 Å². The Morgan fingerprint density at radius 1 is 0.769 bits per heavy atom. The van der Waals surface area contributed by atoms with Crippen LogP contribution in [0.15, 0.2) is 76.5 Å². The van der Waals surface area contributed by atoms with Gasteiger partial charge in [0.05, 0.1) is 11.4 Å². The lowest BCUT2D eigenvalue weighted by atomic mass is 9.47. The van der Waals surface area contributed by atoms with Gasteiger partial charge in [0, 0.05) is 19.3 Å². The number of allylic oxidation sites excluding steroid dienone is 1. The van der Waals surface area contributed by atoms with Crippen molar-refractivity contribution in [1.82, 2.24) is 0 Å².